The van der Waals surface area contributed by atoms with Crippen molar-refractivity contribution in [2.75, 3.05) is 19.6 Å². The van der Waals surface area contributed by atoms with Crippen LogP contribution in [0.4, 0.5) is 0 Å². The third-order valence-corrected chi connectivity index (χ3v) is 6.27. The van der Waals surface area contributed by atoms with Crippen LogP contribution in [0.15, 0.2) is 29.1 Å². The Hall–Kier alpha value is -2.21. The summed E-state index contributed by atoms with van der Waals surface area (Å²) in [5.41, 5.74) is 0.597. The van der Waals surface area contributed by atoms with E-state index in [0.29, 0.717) is 47.9 Å². The maximum Gasteiger partial charge on any atom is 0.258 e. The van der Waals surface area contributed by atoms with Crippen molar-refractivity contribution in [3.8, 4) is 0 Å². The molecule has 6 heteroatoms. The minimum Gasteiger partial charge on any atom is -0.356 e. The van der Waals surface area contributed by atoms with E-state index in [9.17, 15) is 9.59 Å². The lowest BCUT2D eigenvalue weighted by Gasteiger charge is -2.44. The molecule has 0 unspecified atom stereocenters. The van der Waals surface area contributed by atoms with Crippen molar-refractivity contribution >= 4 is 16.8 Å². The second-order valence-corrected chi connectivity index (χ2v) is 8.19. The van der Waals surface area contributed by atoms with Gasteiger partial charge in [0.25, 0.3) is 5.56 Å². The number of carbonyl (C=O) groups excluding carboxylic acids is 1. The fraction of sp³-hybridized carbons (Fsp3) is 0.591. The lowest BCUT2D eigenvalue weighted by Crippen LogP contribution is -2.50. The summed E-state index contributed by atoms with van der Waals surface area (Å²) in [6, 6.07) is 8.00. The summed E-state index contributed by atoms with van der Waals surface area (Å²) in [5.74, 6) is 1.36. The van der Waals surface area contributed by atoms with Gasteiger partial charge in [-0.05, 0) is 63.2 Å². The molecule has 0 saturated carbocycles. The predicted octanol–water partition coefficient (Wildman–Crippen LogP) is 2.63. The van der Waals surface area contributed by atoms with Crippen LogP contribution in [0, 0.1) is 5.92 Å². The monoisotopic (exact) mass is 382 g/mol. The van der Waals surface area contributed by atoms with Crippen molar-refractivity contribution in [2.24, 2.45) is 5.92 Å². The van der Waals surface area contributed by atoms with Gasteiger partial charge in [0.05, 0.1) is 10.9 Å². The van der Waals surface area contributed by atoms with Gasteiger partial charge in [-0.25, -0.2) is 4.98 Å². The molecule has 2 aliphatic rings. The normalized spacial score (nSPS) is 22.7. The van der Waals surface area contributed by atoms with Gasteiger partial charge in [-0.15, -0.1) is 0 Å². The Morgan fingerprint density at radius 3 is 2.96 bits per heavy atom. The van der Waals surface area contributed by atoms with E-state index < -0.39 is 0 Å². The van der Waals surface area contributed by atoms with E-state index in [-0.39, 0.29) is 11.5 Å². The average Bonchev–Trinajstić information content (AvgIpc) is 2.72. The first-order chi connectivity index (χ1) is 13.7. The summed E-state index contributed by atoms with van der Waals surface area (Å²) in [6.45, 7) is 3.25. The van der Waals surface area contributed by atoms with E-state index in [4.69, 9.17) is 0 Å². The molecule has 3 heterocycles. The van der Waals surface area contributed by atoms with Crippen LogP contribution >= 0.6 is 0 Å². The van der Waals surface area contributed by atoms with Gasteiger partial charge >= 0.3 is 0 Å². The number of fused-ring (bicyclic) bond motifs is 2. The lowest BCUT2D eigenvalue weighted by atomic mass is 9.83. The molecule has 1 aromatic heterocycles. The second-order valence-electron chi connectivity index (χ2n) is 8.19. The maximum absolute atomic E-state index is 12.3. The van der Waals surface area contributed by atoms with Crippen molar-refractivity contribution in [1.82, 2.24) is 20.2 Å². The van der Waals surface area contributed by atoms with E-state index in [0.717, 1.165) is 6.54 Å². The number of carbonyl (C=O) groups is 1. The van der Waals surface area contributed by atoms with Gasteiger partial charge in [-0.2, -0.15) is 0 Å². The molecule has 6 nitrogen and oxygen atoms in total. The summed E-state index contributed by atoms with van der Waals surface area (Å²) in [4.78, 5) is 34.4. The minimum atomic E-state index is -0.112. The molecule has 1 amide bonds. The first-order valence-electron chi connectivity index (χ1n) is 10.7. The number of para-hydroxylation sites is 1. The Balaban J connectivity index is 1.24. The van der Waals surface area contributed by atoms with Crippen LogP contribution in [0.25, 0.3) is 10.9 Å². The van der Waals surface area contributed by atoms with Crippen LogP contribution in [0.5, 0.6) is 0 Å². The first kappa shape index (κ1) is 19.1. The van der Waals surface area contributed by atoms with Gasteiger partial charge in [0, 0.05) is 25.4 Å². The molecular formula is C22H30N4O2. The third-order valence-electron chi connectivity index (χ3n) is 6.27. The van der Waals surface area contributed by atoms with Crippen molar-refractivity contribution in [1.29, 1.82) is 0 Å². The fourth-order valence-electron chi connectivity index (χ4n) is 4.82. The SMILES string of the molecule is O=C(CCCc1nc2ccccc2c(=O)[nH]1)NC[C@H]1CCCN2CCCC[C@@H]12. The summed E-state index contributed by atoms with van der Waals surface area (Å²) >= 11 is 0. The van der Waals surface area contributed by atoms with E-state index >= 15 is 0 Å². The standard InChI is InChI=1S/C22H30N4O2/c27-21(23-15-16-7-6-14-26-13-4-3-10-19(16)26)12-5-11-20-24-18-9-2-1-8-17(18)22(28)25-20/h1-2,8-9,16,19H,3-7,10-15H2,(H,23,27)(H,24,25,28)/t16-,19+/m1/s1. The number of aryl methyl sites for hydroxylation is 1. The molecule has 2 fully saturated rings. The number of hydrogen-bond acceptors (Lipinski definition) is 4. The second kappa shape index (κ2) is 8.86. The minimum absolute atomic E-state index is 0.107. The van der Waals surface area contributed by atoms with E-state index in [1.807, 2.05) is 18.2 Å². The van der Waals surface area contributed by atoms with Crippen molar-refractivity contribution < 1.29 is 4.79 Å². The number of aromatic amines is 1. The first-order valence-corrected chi connectivity index (χ1v) is 10.7. The maximum atomic E-state index is 12.3. The number of hydrogen-bond donors (Lipinski definition) is 2. The number of nitrogens with one attached hydrogen (secondary N) is 2. The summed E-state index contributed by atoms with van der Waals surface area (Å²) in [5, 5.41) is 3.76. The number of H-pyrrole nitrogens is 1. The van der Waals surface area contributed by atoms with Crippen molar-refractivity contribution in [3.63, 3.8) is 0 Å². The predicted molar refractivity (Wildman–Crippen MR) is 110 cm³/mol. The highest BCUT2D eigenvalue weighted by atomic mass is 16.1. The van der Waals surface area contributed by atoms with E-state index in [1.54, 1.807) is 6.07 Å². The van der Waals surface area contributed by atoms with Gasteiger partial charge in [0.15, 0.2) is 0 Å². The Morgan fingerprint density at radius 1 is 1.18 bits per heavy atom. The van der Waals surface area contributed by atoms with Crippen LogP contribution in [-0.4, -0.2) is 46.5 Å². The zero-order valence-corrected chi connectivity index (χ0v) is 16.5. The number of nitrogens with zero attached hydrogens (tertiary/aromatic N) is 2. The largest absolute Gasteiger partial charge is 0.356 e. The van der Waals surface area contributed by atoms with Gasteiger partial charge in [0.2, 0.25) is 5.91 Å². The lowest BCUT2D eigenvalue weighted by molar-refractivity contribution is -0.121. The molecule has 0 radical (unpaired) electrons. The molecule has 150 valence electrons. The molecule has 0 spiro atoms. The van der Waals surface area contributed by atoms with E-state index in [1.165, 1.54) is 45.2 Å². The number of piperidine rings is 2. The molecule has 0 bridgehead atoms. The molecule has 2 N–H and O–H groups in total. The van der Waals surface area contributed by atoms with Crippen LogP contribution < -0.4 is 10.9 Å². The van der Waals surface area contributed by atoms with Crippen LogP contribution in [0.3, 0.4) is 0 Å². The Bertz CT molecular complexity index is 876. The summed E-state index contributed by atoms with van der Waals surface area (Å²) < 4.78 is 0. The van der Waals surface area contributed by atoms with Crippen LogP contribution in [-0.2, 0) is 11.2 Å². The van der Waals surface area contributed by atoms with Gasteiger partial charge in [0.1, 0.15) is 5.82 Å². The zero-order valence-electron chi connectivity index (χ0n) is 16.5. The molecule has 2 saturated heterocycles. The van der Waals surface area contributed by atoms with Crippen LogP contribution in [0.2, 0.25) is 0 Å². The molecule has 2 aromatic rings. The van der Waals surface area contributed by atoms with Crippen molar-refractivity contribution in [3.05, 3.63) is 40.4 Å². The van der Waals surface area contributed by atoms with Gasteiger partial charge in [-0.1, -0.05) is 18.6 Å². The Labute approximate surface area is 165 Å². The third kappa shape index (κ3) is 4.43. The molecule has 1 aromatic carbocycles. The fourth-order valence-corrected chi connectivity index (χ4v) is 4.82. The molecule has 0 aliphatic carbocycles. The quantitative estimate of drug-likeness (QED) is 0.805. The van der Waals surface area contributed by atoms with Crippen LogP contribution in [0.1, 0.15) is 50.8 Å². The zero-order chi connectivity index (χ0) is 19.3. The smallest absolute Gasteiger partial charge is 0.258 e. The Kier molecular flexibility index (Phi) is 6.05. The van der Waals surface area contributed by atoms with Gasteiger partial charge in [-0.3, -0.25) is 9.59 Å². The highest BCUT2D eigenvalue weighted by molar-refractivity contribution is 5.77. The van der Waals surface area contributed by atoms with E-state index in [2.05, 4.69) is 20.2 Å². The highest BCUT2D eigenvalue weighted by Crippen LogP contribution is 2.30. The summed E-state index contributed by atoms with van der Waals surface area (Å²) in [6.07, 6.45) is 8.16. The Morgan fingerprint density at radius 2 is 2.04 bits per heavy atom. The number of aromatic nitrogens is 2. The average molecular weight is 383 g/mol. The van der Waals surface area contributed by atoms with Crippen molar-refractivity contribution in [2.45, 2.75) is 57.4 Å². The van der Waals surface area contributed by atoms with Gasteiger partial charge < -0.3 is 15.2 Å². The summed E-state index contributed by atoms with van der Waals surface area (Å²) in [7, 11) is 0. The molecule has 2 aliphatic heterocycles. The molecule has 4 rings (SSSR count). The molecule has 28 heavy (non-hydrogen) atoms. The number of amides is 1. The molecular weight excluding hydrogens is 352 g/mol. The number of benzene rings is 1. The molecule has 2 atom stereocenters. The highest BCUT2D eigenvalue weighted by Gasteiger charge is 2.32. The topological polar surface area (TPSA) is 78.1 Å². The number of rotatable bonds is 6.